The summed E-state index contributed by atoms with van der Waals surface area (Å²) in [4.78, 5) is 10.4. The van der Waals surface area contributed by atoms with Crippen LogP contribution < -0.4 is 5.73 Å². The molecule has 0 aromatic heterocycles. The normalized spacial score (nSPS) is 12.4. The third-order valence-corrected chi connectivity index (χ3v) is 2.46. The summed E-state index contributed by atoms with van der Waals surface area (Å²) in [6, 6.07) is 3.99. The summed E-state index contributed by atoms with van der Waals surface area (Å²) in [6.07, 6.45) is -0.136. The van der Waals surface area contributed by atoms with Gasteiger partial charge in [0.1, 0.15) is 5.75 Å². The summed E-state index contributed by atoms with van der Waals surface area (Å²) < 4.78 is 0.617. The molecule has 0 amide bonds. The van der Waals surface area contributed by atoms with Crippen molar-refractivity contribution in [3.8, 4) is 5.75 Å². The van der Waals surface area contributed by atoms with E-state index in [4.69, 9.17) is 15.9 Å². The standard InChI is InChI=1S/C9H10BrNO3/c10-7-3-5(12)1-2-6(7)8(11)4-9(13)14/h1-3,8,12H,4,11H2,(H,13,14)/t8-/m0/s1. The summed E-state index contributed by atoms with van der Waals surface area (Å²) in [7, 11) is 0. The van der Waals surface area contributed by atoms with Crippen molar-refractivity contribution in [3.05, 3.63) is 28.2 Å². The molecule has 1 aromatic rings. The van der Waals surface area contributed by atoms with E-state index in [9.17, 15) is 4.79 Å². The minimum absolute atomic E-state index is 0.114. The second kappa shape index (κ2) is 4.43. The number of aromatic hydroxyl groups is 1. The Morgan fingerprint density at radius 3 is 2.71 bits per heavy atom. The first-order valence-corrected chi connectivity index (χ1v) is 4.76. The number of carboxylic acid groups (broad SMARTS) is 1. The fraction of sp³-hybridized carbons (Fsp3) is 0.222. The second-order valence-corrected chi connectivity index (χ2v) is 3.76. The zero-order chi connectivity index (χ0) is 10.7. The van der Waals surface area contributed by atoms with Crippen LogP contribution in [0.2, 0.25) is 0 Å². The molecule has 0 aliphatic rings. The Labute approximate surface area is 89.5 Å². The summed E-state index contributed by atoms with van der Waals surface area (Å²) >= 11 is 3.20. The number of aliphatic carboxylic acids is 1. The van der Waals surface area contributed by atoms with Crippen LogP contribution in [0.25, 0.3) is 0 Å². The highest BCUT2D eigenvalue weighted by Gasteiger charge is 2.13. The molecule has 4 nitrogen and oxygen atoms in total. The van der Waals surface area contributed by atoms with Crippen molar-refractivity contribution in [2.75, 3.05) is 0 Å². The van der Waals surface area contributed by atoms with Gasteiger partial charge in [0, 0.05) is 10.5 Å². The lowest BCUT2D eigenvalue weighted by Gasteiger charge is -2.11. The Bertz CT molecular complexity index is 354. The molecule has 0 heterocycles. The van der Waals surface area contributed by atoms with Crippen molar-refractivity contribution < 1.29 is 15.0 Å². The maximum absolute atomic E-state index is 10.4. The number of nitrogens with two attached hydrogens (primary N) is 1. The van der Waals surface area contributed by atoms with E-state index in [0.717, 1.165) is 0 Å². The Kier molecular flexibility index (Phi) is 3.49. The minimum atomic E-state index is -0.947. The van der Waals surface area contributed by atoms with Gasteiger partial charge in [0.05, 0.1) is 6.42 Å². The van der Waals surface area contributed by atoms with E-state index >= 15 is 0 Å². The highest BCUT2D eigenvalue weighted by molar-refractivity contribution is 9.10. The quantitative estimate of drug-likeness (QED) is 0.771. The maximum atomic E-state index is 10.4. The highest BCUT2D eigenvalue weighted by Crippen LogP contribution is 2.27. The lowest BCUT2D eigenvalue weighted by atomic mass is 10.0. The Hall–Kier alpha value is -1.07. The number of hydrogen-bond acceptors (Lipinski definition) is 3. The zero-order valence-electron chi connectivity index (χ0n) is 7.27. The fourth-order valence-electron chi connectivity index (χ4n) is 1.11. The molecule has 0 unspecified atom stereocenters. The van der Waals surface area contributed by atoms with Crippen LogP contribution in [0.3, 0.4) is 0 Å². The molecule has 76 valence electrons. The van der Waals surface area contributed by atoms with Crippen LogP contribution in [0.1, 0.15) is 18.0 Å². The van der Waals surface area contributed by atoms with Gasteiger partial charge in [-0.05, 0) is 17.7 Å². The summed E-state index contributed by atoms with van der Waals surface area (Å²) in [5.74, 6) is -0.833. The summed E-state index contributed by atoms with van der Waals surface area (Å²) in [5.41, 5.74) is 6.33. The maximum Gasteiger partial charge on any atom is 0.305 e. The Morgan fingerprint density at radius 2 is 2.21 bits per heavy atom. The third-order valence-electron chi connectivity index (χ3n) is 1.78. The molecule has 0 radical (unpaired) electrons. The first kappa shape index (κ1) is 11.0. The first-order valence-electron chi connectivity index (χ1n) is 3.96. The second-order valence-electron chi connectivity index (χ2n) is 2.91. The van der Waals surface area contributed by atoms with Crippen LogP contribution in [-0.2, 0) is 4.79 Å². The number of halogens is 1. The molecule has 1 rings (SSSR count). The average molecular weight is 260 g/mol. The van der Waals surface area contributed by atoms with Crippen LogP contribution in [-0.4, -0.2) is 16.2 Å². The summed E-state index contributed by atoms with van der Waals surface area (Å²) in [6.45, 7) is 0. The lowest BCUT2D eigenvalue weighted by molar-refractivity contribution is -0.137. The van der Waals surface area contributed by atoms with E-state index in [0.29, 0.717) is 10.0 Å². The topological polar surface area (TPSA) is 83.6 Å². The molecular weight excluding hydrogens is 250 g/mol. The molecule has 1 aromatic carbocycles. The van der Waals surface area contributed by atoms with Crippen molar-refractivity contribution in [1.82, 2.24) is 0 Å². The van der Waals surface area contributed by atoms with Gasteiger partial charge in [-0.15, -0.1) is 0 Å². The molecule has 0 bridgehead atoms. The Balaban J connectivity index is 2.90. The number of phenolic OH excluding ortho intramolecular Hbond substituents is 1. The number of rotatable bonds is 3. The van der Waals surface area contributed by atoms with Gasteiger partial charge in [-0.1, -0.05) is 22.0 Å². The molecular formula is C9H10BrNO3. The van der Waals surface area contributed by atoms with Crippen LogP contribution in [0.15, 0.2) is 22.7 Å². The highest BCUT2D eigenvalue weighted by atomic mass is 79.9. The van der Waals surface area contributed by atoms with E-state index in [1.807, 2.05) is 0 Å². The van der Waals surface area contributed by atoms with Crippen LogP contribution in [0.4, 0.5) is 0 Å². The molecule has 0 spiro atoms. The van der Waals surface area contributed by atoms with Crippen molar-refractivity contribution in [1.29, 1.82) is 0 Å². The van der Waals surface area contributed by atoms with Crippen molar-refractivity contribution >= 4 is 21.9 Å². The average Bonchev–Trinajstić information content (AvgIpc) is 2.01. The van der Waals surface area contributed by atoms with E-state index < -0.39 is 12.0 Å². The van der Waals surface area contributed by atoms with Crippen LogP contribution in [0, 0.1) is 0 Å². The monoisotopic (exact) mass is 259 g/mol. The van der Waals surface area contributed by atoms with Gasteiger partial charge in [-0.2, -0.15) is 0 Å². The van der Waals surface area contributed by atoms with Gasteiger partial charge in [0.2, 0.25) is 0 Å². The molecule has 1 atom stereocenters. The number of carboxylic acids is 1. The smallest absolute Gasteiger partial charge is 0.305 e. The van der Waals surface area contributed by atoms with Gasteiger partial charge in [-0.3, -0.25) is 4.79 Å². The van der Waals surface area contributed by atoms with Crippen molar-refractivity contribution in [2.24, 2.45) is 5.73 Å². The lowest BCUT2D eigenvalue weighted by Crippen LogP contribution is -2.15. The third kappa shape index (κ3) is 2.71. The largest absolute Gasteiger partial charge is 0.508 e. The number of hydrogen-bond donors (Lipinski definition) is 3. The van der Waals surface area contributed by atoms with Gasteiger partial charge >= 0.3 is 5.97 Å². The molecule has 0 saturated heterocycles. The molecule has 0 aliphatic carbocycles. The number of benzene rings is 1. The van der Waals surface area contributed by atoms with Gasteiger partial charge in [0.25, 0.3) is 0 Å². The van der Waals surface area contributed by atoms with Gasteiger partial charge < -0.3 is 15.9 Å². The van der Waals surface area contributed by atoms with Crippen LogP contribution >= 0.6 is 15.9 Å². The molecule has 5 heteroatoms. The molecule has 0 fully saturated rings. The van der Waals surface area contributed by atoms with E-state index in [-0.39, 0.29) is 12.2 Å². The predicted molar refractivity (Wildman–Crippen MR) is 55.0 cm³/mol. The van der Waals surface area contributed by atoms with Gasteiger partial charge in [-0.25, -0.2) is 0 Å². The first-order chi connectivity index (χ1) is 6.50. The fourth-order valence-corrected chi connectivity index (χ4v) is 1.78. The molecule has 14 heavy (non-hydrogen) atoms. The molecule has 0 aliphatic heterocycles. The summed E-state index contributed by atoms with van der Waals surface area (Å²) in [5, 5.41) is 17.7. The van der Waals surface area contributed by atoms with Crippen LogP contribution in [0.5, 0.6) is 5.75 Å². The molecule has 4 N–H and O–H groups in total. The van der Waals surface area contributed by atoms with E-state index in [2.05, 4.69) is 15.9 Å². The zero-order valence-corrected chi connectivity index (χ0v) is 8.86. The number of phenols is 1. The minimum Gasteiger partial charge on any atom is -0.508 e. The van der Waals surface area contributed by atoms with E-state index in [1.54, 1.807) is 6.07 Å². The molecule has 0 saturated carbocycles. The number of carbonyl (C=O) groups is 1. The Morgan fingerprint density at radius 1 is 1.57 bits per heavy atom. The van der Waals surface area contributed by atoms with E-state index in [1.165, 1.54) is 12.1 Å². The SMILES string of the molecule is N[C@@H](CC(=O)O)c1ccc(O)cc1Br. The predicted octanol–water partition coefficient (Wildman–Crippen LogP) is 1.63. The van der Waals surface area contributed by atoms with Crippen molar-refractivity contribution in [2.45, 2.75) is 12.5 Å². The van der Waals surface area contributed by atoms with Gasteiger partial charge in [0.15, 0.2) is 0 Å². The van der Waals surface area contributed by atoms with Crippen molar-refractivity contribution in [3.63, 3.8) is 0 Å².